The second-order valence-corrected chi connectivity index (χ2v) is 10.1. The molecule has 0 radical (unpaired) electrons. The van der Waals surface area contributed by atoms with Crippen LogP contribution in [0.25, 0.3) is 0 Å². The van der Waals surface area contributed by atoms with Gasteiger partial charge in [-0.25, -0.2) is 0 Å². The molecule has 0 amide bonds. The Morgan fingerprint density at radius 1 is 0.778 bits per heavy atom. The van der Waals surface area contributed by atoms with E-state index < -0.39 is 21.6 Å². The third kappa shape index (κ3) is 8.99. The summed E-state index contributed by atoms with van der Waals surface area (Å²) >= 11 is 3.42. The van der Waals surface area contributed by atoms with E-state index in [1.165, 1.54) is 12.8 Å². The normalized spacial score (nSPS) is 18.2. The third-order valence-corrected chi connectivity index (χ3v) is 9.15. The van der Waals surface area contributed by atoms with Gasteiger partial charge < -0.3 is 0 Å². The van der Waals surface area contributed by atoms with Gasteiger partial charge in [0.25, 0.3) is 0 Å². The van der Waals surface area contributed by atoms with Gasteiger partial charge in [0, 0.05) is 34.1 Å². The van der Waals surface area contributed by atoms with Crippen molar-refractivity contribution in [3.63, 3.8) is 0 Å². The van der Waals surface area contributed by atoms with Crippen LogP contribution in [0, 0.1) is 0 Å². The summed E-state index contributed by atoms with van der Waals surface area (Å²) in [6, 6.07) is 0. The van der Waals surface area contributed by atoms with Crippen LogP contribution >= 0.6 is 23.5 Å². The lowest BCUT2D eigenvalue weighted by Crippen LogP contribution is -2.09. The van der Waals surface area contributed by atoms with Crippen LogP contribution in [0.15, 0.2) is 0 Å². The van der Waals surface area contributed by atoms with E-state index in [1.54, 1.807) is 36.0 Å². The number of thioether (sulfide) groups is 2. The Morgan fingerprint density at radius 3 is 1.33 bits per heavy atom. The second-order valence-electron chi connectivity index (χ2n) is 4.32. The van der Waals surface area contributed by atoms with Crippen molar-refractivity contribution < 1.29 is 8.42 Å². The molecule has 0 fully saturated rings. The van der Waals surface area contributed by atoms with Crippen molar-refractivity contribution in [2.24, 2.45) is 0 Å². The molecule has 0 aromatic carbocycles. The van der Waals surface area contributed by atoms with Crippen LogP contribution in [0.3, 0.4) is 0 Å². The van der Waals surface area contributed by atoms with Gasteiger partial charge in [0.2, 0.25) is 0 Å². The Hall–Kier alpha value is 1.000. The smallest absolute Gasteiger partial charge is 0.0795 e. The van der Waals surface area contributed by atoms with Crippen LogP contribution < -0.4 is 0 Å². The first-order valence-electron chi connectivity index (χ1n) is 6.23. The lowest BCUT2D eigenvalue weighted by Gasteiger charge is -2.12. The monoisotopic (exact) mass is 330 g/mol. The van der Waals surface area contributed by atoms with Gasteiger partial charge >= 0.3 is 0 Å². The van der Waals surface area contributed by atoms with E-state index >= 15 is 0 Å². The maximum atomic E-state index is 11.4. The highest BCUT2D eigenvalue weighted by Crippen LogP contribution is 2.21. The zero-order chi connectivity index (χ0) is 14.0. The van der Waals surface area contributed by atoms with E-state index in [2.05, 4.69) is 0 Å². The van der Waals surface area contributed by atoms with E-state index in [1.807, 2.05) is 12.5 Å². The summed E-state index contributed by atoms with van der Waals surface area (Å²) in [5, 5.41) is 0. The zero-order valence-electron chi connectivity index (χ0n) is 11.8. The molecule has 18 heavy (non-hydrogen) atoms. The molecule has 110 valence electrons. The highest BCUT2D eigenvalue weighted by atomic mass is 32.2. The first-order valence-corrected chi connectivity index (χ1v) is 12.0. The minimum absolute atomic E-state index is 0.298. The summed E-state index contributed by atoms with van der Waals surface area (Å²) in [4.78, 5) is 0. The van der Waals surface area contributed by atoms with Crippen LogP contribution in [0.5, 0.6) is 0 Å². The molecular weight excluding hydrogens is 304 g/mol. The summed E-state index contributed by atoms with van der Waals surface area (Å²) in [7, 11) is -1.41. The van der Waals surface area contributed by atoms with Gasteiger partial charge in [0.1, 0.15) is 0 Å². The summed E-state index contributed by atoms with van der Waals surface area (Å²) in [6.45, 7) is 0. The SMILES string of the molecule is CSC(CCCCCCC(SC)S(C)=O)S(C)=O. The van der Waals surface area contributed by atoms with Gasteiger partial charge in [0.15, 0.2) is 0 Å². The van der Waals surface area contributed by atoms with Crippen LogP contribution in [-0.2, 0) is 21.6 Å². The topological polar surface area (TPSA) is 34.1 Å². The minimum Gasteiger partial charge on any atom is -0.259 e. The van der Waals surface area contributed by atoms with Crippen molar-refractivity contribution >= 4 is 45.1 Å². The van der Waals surface area contributed by atoms with E-state index in [0.717, 1.165) is 25.7 Å². The summed E-state index contributed by atoms with van der Waals surface area (Å²) < 4.78 is 23.3. The van der Waals surface area contributed by atoms with Gasteiger partial charge in [0.05, 0.1) is 9.16 Å². The molecule has 0 N–H and O–H groups in total. The molecule has 0 rings (SSSR count). The first kappa shape index (κ1) is 19.0. The molecule has 0 heterocycles. The Morgan fingerprint density at radius 2 is 1.11 bits per heavy atom. The molecule has 0 aromatic heterocycles. The van der Waals surface area contributed by atoms with E-state index in [0.29, 0.717) is 9.16 Å². The molecule has 0 saturated heterocycles. The fourth-order valence-corrected chi connectivity index (χ4v) is 5.78. The van der Waals surface area contributed by atoms with E-state index in [4.69, 9.17) is 0 Å². The lowest BCUT2D eigenvalue weighted by molar-refractivity contribution is 0.611. The molecule has 4 atom stereocenters. The Kier molecular flexibility index (Phi) is 12.5. The summed E-state index contributed by atoms with van der Waals surface area (Å²) in [6.07, 6.45) is 14.5. The van der Waals surface area contributed by atoms with Crippen LogP contribution in [0.4, 0.5) is 0 Å². The fraction of sp³-hybridized carbons (Fsp3) is 1.00. The van der Waals surface area contributed by atoms with Crippen LogP contribution in [-0.4, -0.2) is 42.6 Å². The molecule has 2 nitrogen and oxygen atoms in total. The van der Waals surface area contributed by atoms with Crippen molar-refractivity contribution in [2.75, 3.05) is 25.0 Å². The molecule has 6 heteroatoms. The van der Waals surface area contributed by atoms with Crippen molar-refractivity contribution in [1.29, 1.82) is 0 Å². The second kappa shape index (κ2) is 11.8. The Bertz CT molecular complexity index is 232. The highest BCUT2D eigenvalue weighted by molar-refractivity contribution is 8.11. The molecular formula is C12H26O2S4. The van der Waals surface area contributed by atoms with Crippen LogP contribution in [0.2, 0.25) is 0 Å². The van der Waals surface area contributed by atoms with Crippen molar-refractivity contribution in [2.45, 2.75) is 47.7 Å². The van der Waals surface area contributed by atoms with Crippen molar-refractivity contribution in [3.05, 3.63) is 0 Å². The number of hydrogen-bond donors (Lipinski definition) is 0. The maximum absolute atomic E-state index is 11.4. The van der Waals surface area contributed by atoms with Crippen LogP contribution in [0.1, 0.15) is 38.5 Å². The number of hydrogen-bond acceptors (Lipinski definition) is 4. The van der Waals surface area contributed by atoms with Crippen molar-refractivity contribution in [1.82, 2.24) is 0 Å². The zero-order valence-corrected chi connectivity index (χ0v) is 15.1. The fourth-order valence-electron chi connectivity index (χ4n) is 1.81. The Labute approximate surface area is 126 Å². The molecule has 0 aliphatic carbocycles. The predicted octanol–water partition coefficient (Wildman–Crippen LogP) is 3.46. The average Bonchev–Trinajstić information content (AvgIpc) is 2.32. The van der Waals surface area contributed by atoms with Gasteiger partial charge in [-0.3, -0.25) is 8.42 Å². The Balaban J connectivity index is 3.56. The van der Waals surface area contributed by atoms with E-state index in [9.17, 15) is 8.42 Å². The third-order valence-electron chi connectivity index (χ3n) is 2.90. The van der Waals surface area contributed by atoms with Crippen molar-refractivity contribution in [3.8, 4) is 0 Å². The molecule has 0 aromatic rings. The summed E-state index contributed by atoms with van der Waals surface area (Å²) in [5.41, 5.74) is 0. The first-order chi connectivity index (χ1) is 8.52. The molecule has 0 aliphatic rings. The lowest BCUT2D eigenvalue weighted by atomic mass is 10.1. The largest absolute Gasteiger partial charge is 0.259 e. The van der Waals surface area contributed by atoms with E-state index in [-0.39, 0.29) is 0 Å². The van der Waals surface area contributed by atoms with Gasteiger partial charge in [-0.05, 0) is 25.4 Å². The quantitative estimate of drug-likeness (QED) is 0.543. The average molecular weight is 331 g/mol. The molecule has 0 saturated carbocycles. The minimum atomic E-state index is -0.706. The number of rotatable bonds is 11. The highest BCUT2D eigenvalue weighted by Gasteiger charge is 2.11. The molecule has 4 unspecified atom stereocenters. The van der Waals surface area contributed by atoms with Gasteiger partial charge in [-0.15, -0.1) is 23.5 Å². The maximum Gasteiger partial charge on any atom is 0.0795 e. The molecule has 0 bridgehead atoms. The molecule has 0 spiro atoms. The predicted molar refractivity (Wildman–Crippen MR) is 90.4 cm³/mol. The van der Waals surface area contributed by atoms with Gasteiger partial charge in [-0.1, -0.05) is 25.7 Å². The standard InChI is InChI=1S/C12H26O2S4/c1-15-11(17(3)13)9-7-5-6-8-10-12(16-2)18(4)14/h11-12H,5-10H2,1-4H3. The van der Waals surface area contributed by atoms with Gasteiger partial charge in [-0.2, -0.15) is 0 Å². The molecule has 0 aliphatic heterocycles. The number of unbranched alkanes of at least 4 members (excludes halogenated alkanes) is 3. The summed E-state index contributed by atoms with van der Waals surface area (Å²) in [5.74, 6) is 0.